The number of carboxylic acid groups (broad SMARTS) is 1. The van der Waals surface area contributed by atoms with Crippen LogP contribution in [0.1, 0.15) is 69.2 Å². The summed E-state index contributed by atoms with van der Waals surface area (Å²) >= 11 is 0. The maximum Gasteiger partial charge on any atom is 0.337 e. The SMILES string of the molecule is Cc1nc2cc3nn2c(c1[C@H](OC(C)(C)C)C(=O)O)N1CCC(C)(CC1)OC/C=C\COc1ccccc1Cc1cnc-3o1. The summed E-state index contributed by atoms with van der Waals surface area (Å²) in [5.74, 6) is 1.35. The van der Waals surface area contributed by atoms with Gasteiger partial charge in [-0.05, 0) is 59.6 Å². The monoisotopic (exact) mass is 601 g/mol. The molecule has 0 unspecified atom stereocenters. The van der Waals surface area contributed by atoms with Crippen molar-refractivity contribution in [2.75, 3.05) is 31.2 Å². The third-order valence-electron chi connectivity index (χ3n) is 8.02. The number of benzene rings is 1. The second-order valence-corrected chi connectivity index (χ2v) is 12.6. The van der Waals surface area contributed by atoms with Crippen molar-refractivity contribution in [2.45, 2.75) is 71.2 Å². The van der Waals surface area contributed by atoms with Crippen LogP contribution < -0.4 is 9.64 Å². The third kappa shape index (κ3) is 6.20. The van der Waals surface area contributed by atoms with E-state index in [2.05, 4.69) is 16.8 Å². The smallest absolute Gasteiger partial charge is 0.337 e. The van der Waals surface area contributed by atoms with Crippen LogP contribution in [-0.4, -0.2) is 68.2 Å². The van der Waals surface area contributed by atoms with Crippen LogP contribution in [0.5, 0.6) is 5.75 Å². The van der Waals surface area contributed by atoms with Gasteiger partial charge in [0.05, 0.1) is 29.6 Å². The minimum absolute atomic E-state index is 0.339. The minimum atomic E-state index is -1.24. The molecular formula is C33H39N5O6. The highest BCUT2D eigenvalue weighted by Crippen LogP contribution is 2.38. The van der Waals surface area contributed by atoms with Gasteiger partial charge in [0.25, 0.3) is 0 Å². The molecule has 3 aliphatic rings. The Morgan fingerprint density at radius 3 is 2.64 bits per heavy atom. The zero-order chi connectivity index (χ0) is 31.1. The Balaban J connectivity index is 1.49. The Kier molecular flexibility index (Phi) is 7.93. The summed E-state index contributed by atoms with van der Waals surface area (Å²) in [6.45, 7) is 11.6. The molecule has 1 atom stereocenters. The molecule has 44 heavy (non-hydrogen) atoms. The van der Waals surface area contributed by atoms with Crippen molar-refractivity contribution in [1.82, 2.24) is 19.6 Å². The van der Waals surface area contributed by atoms with Gasteiger partial charge in [0.15, 0.2) is 17.4 Å². The van der Waals surface area contributed by atoms with Gasteiger partial charge < -0.3 is 28.6 Å². The number of carbonyl (C=O) groups is 1. The van der Waals surface area contributed by atoms with E-state index in [0.29, 0.717) is 72.8 Å². The molecule has 0 saturated carbocycles. The van der Waals surface area contributed by atoms with Crippen LogP contribution in [0.4, 0.5) is 5.82 Å². The Morgan fingerprint density at radius 1 is 1.14 bits per heavy atom. The molecule has 3 aromatic heterocycles. The molecule has 1 aromatic carbocycles. The summed E-state index contributed by atoms with van der Waals surface area (Å²) in [6, 6.07) is 9.68. The van der Waals surface area contributed by atoms with Crippen molar-refractivity contribution in [3.8, 4) is 17.3 Å². The van der Waals surface area contributed by atoms with Gasteiger partial charge in [-0.2, -0.15) is 9.61 Å². The fraction of sp³-hybridized carbons (Fsp3) is 0.455. The van der Waals surface area contributed by atoms with E-state index in [0.717, 1.165) is 24.2 Å². The predicted octanol–water partition coefficient (Wildman–Crippen LogP) is 5.55. The zero-order valence-corrected chi connectivity index (χ0v) is 25.9. The molecule has 7 rings (SSSR count). The first-order valence-corrected chi connectivity index (χ1v) is 15.0. The normalized spacial score (nSPS) is 18.5. The molecule has 6 bridgehead atoms. The van der Waals surface area contributed by atoms with E-state index in [1.54, 1.807) is 10.7 Å². The van der Waals surface area contributed by atoms with Gasteiger partial charge in [0.2, 0.25) is 5.89 Å². The summed E-state index contributed by atoms with van der Waals surface area (Å²) in [7, 11) is 0. The number of piperidine rings is 1. The topological polar surface area (TPSA) is 124 Å². The molecule has 1 N–H and O–H groups in total. The van der Waals surface area contributed by atoms with Gasteiger partial charge >= 0.3 is 5.97 Å². The largest absolute Gasteiger partial charge is 0.489 e. The number of nitrogens with zero attached hydrogens (tertiary/aromatic N) is 5. The number of ether oxygens (including phenoxy) is 3. The Bertz CT molecular complexity index is 1690. The molecule has 0 amide bonds. The second kappa shape index (κ2) is 11.7. The quantitative estimate of drug-likeness (QED) is 0.299. The van der Waals surface area contributed by atoms with Crippen molar-refractivity contribution in [3.63, 3.8) is 0 Å². The fourth-order valence-corrected chi connectivity index (χ4v) is 5.76. The Labute approximate surface area is 256 Å². The van der Waals surface area contributed by atoms with Crippen molar-refractivity contribution < 1.29 is 28.5 Å². The van der Waals surface area contributed by atoms with Crippen LogP contribution >= 0.6 is 0 Å². The number of oxazole rings is 1. The van der Waals surface area contributed by atoms with Gasteiger partial charge in [-0.1, -0.05) is 24.3 Å². The van der Waals surface area contributed by atoms with E-state index in [4.69, 9.17) is 28.7 Å². The lowest BCUT2D eigenvalue weighted by molar-refractivity contribution is -0.160. The van der Waals surface area contributed by atoms with E-state index in [1.165, 1.54) is 0 Å². The lowest BCUT2D eigenvalue weighted by atomic mass is 9.92. The van der Waals surface area contributed by atoms with E-state index in [9.17, 15) is 9.90 Å². The number of aliphatic carboxylic acids is 1. The van der Waals surface area contributed by atoms with Crippen LogP contribution in [0.25, 0.3) is 17.2 Å². The van der Waals surface area contributed by atoms with Crippen molar-refractivity contribution >= 4 is 17.4 Å². The summed E-state index contributed by atoms with van der Waals surface area (Å²) < 4.78 is 26.4. The third-order valence-corrected chi connectivity index (χ3v) is 8.02. The van der Waals surface area contributed by atoms with Gasteiger partial charge in [-0.25, -0.2) is 14.8 Å². The molecule has 0 aliphatic carbocycles. The molecule has 232 valence electrons. The van der Waals surface area contributed by atoms with Crippen LogP contribution in [0.2, 0.25) is 0 Å². The molecule has 1 saturated heterocycles. The number of aromatic nitrogens is 4. The minimum Gasteiger partial charge on any atom is -0.489 e. The molecular weight excluding hydrogens is 562 g/mol. The summed E-state index contributed by atoms with van der Waals surface area (Å²) in [5.41, 5.74) is 2.04. The average Bonchev–Trinajstić information content (AvgIpc) is 3.60. The number of aryl methyl sites for hydroxylation is 1. The number of fused-ring (bicyclic) bond motifs is 6. The van der Waals surface area contributed by atoms with Crippen molar-refractivity contribution in [2.24, 2.45) is 0 Å². The van der Waals surface area contributed by atoms with Crippen molar-refractivity contribution in [3.05, 3.63) is 71.3 Å². The lowest BCUT2D eigenvalue weighted by Gasteiger charge is -2.41. The molecule has 11 nitrogen and oxygen atoms in total. The number of hydrogen-bond acceptors (Lipinski definition) is 9. The van der Waals surface area contributed by atoms with Gasteiger partial charge in [-0.3, -0.25) is 0 Å². The zero-order valence-electron chi connectivity index (χ0n) is 25.9. The molecule has 0 spiro atoms. The molecule has 0 radical (unpaired) electrons. The van der Waals surface area contributed by atoms with Crippen LogP contribution in [-0.2, 0) is 20.7 Å². The Morgan fingerprint density at radius 2 is 1.89 bits per heavy atom. The van der Waals surface area contributed by atoms with Gasteiger partial charge in [-0.15, -0.1) is 0 Å². The summed E-state index contributed by atoms with van der Waals surface area (Å²) in [4.78, 5) is 24.2. The molecule has 4 aromatic rings. The van der Waals surface area contributed by atoms with E-state index in [-0.39, 0.29) is 5.60 Å². The summed E-state index contributed by atoms with van der Waals surface area (Å²) in [5, 5.41) is 15.3. The fourth-order valence-electron chi connectivity index (χ4n) is 5.76. The first-order valence-electron chi connectivity index (χ1n) is 15.0. The highest BCUT2D eigenvalue weighted by atomic mass is 16.5. The standard InChI is InChI=1S/C33H39N5O6/c1-21-27(28(31(39)40)44-32(2,3)4)30-37-14-12-33(5,13-15-37)42-17-9-8-16-41-25-11-7-6-10-22(25)18-23-20-34-29(43-23)24-19-26(35-21)38(30)36-24/h6-11,19-20,28H,12-18H2,1-5H3,(H,39,40)/b9-8-/t28-/m0/s1. The molecule has 6 heterocycles. The van der Waals surface area contributed by atoms with Gasteiger partial charge in [0.1, 0.15) is 23.9 Å². The predicted molar refractivity (Wildman–Crippen MR) is 164 cm³/mol. The summed E-state index contributed by atoms with van der Waals surface area (Å²) in [6.07, 6.45) is 6.38. The maximum atomic E-state index is 12.7. The van der Waals surface area contributed by atoms with Crippen LogP contribution in [0.15, 0.2) is 53.1 Å². The van der Waals surface area contributed by atoms with Crippen LogP contribution in [0.3, 0.4) is 0 Å². The number of carboxylic acids is 1. The molecule has 3 aliphatic heterocycles. The first-order chi connectivity index (χ1) is 21.0. The van der Waals surface area contributed by atoms with Gasteiger partial charge in [0, 0.05) is 36.8 Å². The number of rotatable bonds is 3. The van der Waals surface area contributed by atoms with E-state index >= 15 is 0 Å². The van der Waals surface area contributed by atoms with E-state index < -0.39 is 17.7 Å². The van der Waals surface area contributed by atoms with Crippen molar-refractivity contribution in [1.29, 1.82) is 0 Å². The molecule has 11 heteroatoms. The number of hydrogen-bond donors (Lipinski definition) is 1. The Hall–Kier alpha value is -4.22. The lowest BCUT2D eigenvalue weighted by Crippen LogP contribution is -2.45. The first kappa shape index (κ1) is 29.8. The molecule has 1 fully saturated rings. The van der Waals surface area contributed by atoms with Crippen LogP contribution in [0, 0.1) is 6.92 Å². The highest BCUT2D eigenvalue weighted by molar-refractivity contribution is 5.78. The van der Waals surface area contributed by atoms with E-state index in [1.807, 2.05) is 70.2 Å². The number of anilines is 1. The number of para-hydroxylation sites is 1. The second-order valence-electron chi connectivity index (χ2n) is 12.6. The highest BCUT2D eigenvalue weighted by Gasteiger charge is 2.38. The average molecular weight is 602 g/mol. The maximum absolute atomic E-state index is 12.7.